The number of amides is 1. The number of carbonyl (C=O) groups is 1. The summed E-state index contributed by atoms with van der Waals surface area (Å²) in [7, 11) is 0. The van der Waals surface area contributed by atoms with Crippen molar-refractivity contribution >= 4 is 34.6 Å². The number of carbonyl (C=O) groups excluding carboxylic acids is 1. The summed E-state index contributed by atoms with van der Waals surface area (Å²) in [6.45, 7) is 2.76. The molecule has 2 atom stereocenters. The highest BCUT2D eigenvalue weighted by Crippen LogP contribution is 2.39. The summed E-state index contributed by atoms with van der Waals surface area (Å²) in [4.78, 5) is 32.1. The van der Waals surface area contributed by atoms with Crippen molar-refractivity contribution in [2.45, 2.75) is 89.0 Å². The number of thiazole rings is 1. The van der Waals surface area contributed by atoms with Crippen LogP contribution in [0.2, 0.25) is 0 Å². The van der Waals surface area contributed by atoms with E-state index in [1.165, 1.54) is 61.1 Å². The lowest BCUT2D eigenvalue weighted by Crippen LogP contribution is -2.45. The molecule has 0 bridgehead atoms. The Labute approximate surface area is 206 Å². The molecule has 1 amide bonds. The number of hydrogen-bond donors (Lipinski definition) is 1. The molecule has 8 heteroatoms. The lowest BCUT2D eigenvalue weighted by atomic mass is 9.89. The van der Waals surface area contributed by atoms with Crippen molar-refractivity contribution in [1.82, 2.24) is 19.9 Å². The van der Waals surface area contributed by atoms with Gasteiger partial charge in [0.25, 0.3) is 0 Å². The maximum absolute atomic E-state index is 11.4. The molecule has 2 unspecified atom stereocenters. The summed E-state index contributed by atoms with van der Waals surface area (Å²) < 4.78 is 0. The summed E-state index contributed by atoms with van der Waals surface area (Å²) >= 11 is 1.81. The fraction of sp³-hybridized carbons (Fsp3) is 0.692. The minimum Gasteiger partial charge on any atom is -0.345 e. The fourth-order valence-electron chi connectivity index (χ4n) is 6.65. The summed E-state index contributed by atoms with van der Waals surface area (Å²) in [5.74, 6) is 3.02. The van der Waals surface area contributed by atoms with Gasteiger partial charge >= 0.3 is 0 Å². The van der Waals surface area contributed by atoms with Gasteiger partial charge in [0, 0.05) is 42.3 Å². The van der Waals surface area contributed by atoms with Crippen molar-refractivity contribution in [2.75, 3.05) is 29.9 Å². The van der Waals surface area contributed by atoms with E-state index >= 15 is 0 Å². The summed E-state index contributed by atoms with van der Waals surface area (Å²) in [6.07, 6.45) is 17.6. The molecule has 4 aliphatic rings. The zero-order valence-electron chi connectivity index (χ0n) is 20.0. The van der Waals surface area contributed by atoms with Crippen LogP contribution in [0.15, 0.2) is 6.20 Å². The fourth-order valence-corrected chi connectivity index (χ4v) is 7.64. The third-order valence-electron chi connectivity index (χ3n) is 8.42. The van der Waals surface area contributed by atoms with Gasteiger partial charge in [-0.25, -0.2) is 9.97 Å². The molecule has 0 aromatic carbocycles. The zero-order valence-corrected chi connectivity index (χ0v) is 20.9. The molecule has 0 radical (unpaired) electrons. The Morgan fingerprint density at radius 3 is 2.74 bits per heavy atom. The standard InChI is InChI=1S/C26H36N6OS/c33-17-31-13-5-9-19(16-31)22-12-6-14-32(22)25-28-21-11-4-10-20(21)24(29-25)30-26-27-15-23(34-26)18-7-2-1-3-8-18/h15,17-19,22H,1-14,16H2,(H,27,28,29,30). The molecule has 2 aliphatic carbocycles. The van der Waals surface area contributed by atoms with Crippen LogP contribution in [0.4, 0.5) is 16.9 Å². The van der Waals surface area contributed by atoms with Gasteiger partial charge in [-0.2, -0.15) is 4.98 Å². The topological polar surface area (TPSA) is 74.2 Å². The van der Waals surface area contributed by atoms with Crippen LogP contribution in [-0.2, 0) is 17.6 Å². The van der Waals surface area contributed by atoms with E-state index in [1.54, 1.807) is 0 Å². The Kier molecular flexibility index (Phi) is 6.41. The molecule has 2 aliphatic heterocycles. The monoisotopic (exact) mass is 480 g/mol. The number of anilines is 3. The van der Waals surface area contributed by atoms with Gasteiger partial charge in [0.15, 0.2) is 5.13 Å². The first-order valence-corrected chi connectivity index (χ1v) is 14.2. The van der Waals surface area contributed by atoms with Gasteiger partial charge < -0.3 is 15.1 Å². The van der Waals surface area contributed by atoms with Crippen molar-refractivity contribution in [1.29, 1.82) is 0 Å². The molecule has 2 saturated heterocycles. The summed E-state index contributed by atoms with van der Waals surface area (Å²) in [5, 5.41) is 4.58. The van der Waals surface area contributed by atoms with Gasteiger partial charge in [0.1, 0.15) is 5.82 Å². The highest BCUT2D eigenvalue weighted by atomic mass is 32.1. The van der Waals surface area contributed by atoms with Crippen molar-refractivity contribution in [3.8, 4) is 0 Å². The molecule has 34 heavy (non-hydrogen) atoms. The van der Waals surface area contributed by atoms with Crippen LogP contribution in [0.5, 0.6) is 0 Å². The number of nitrogens with one attached hydrogen (secondary N) is 1. The van der Waals surface area contributed by atoms with Crippen LogP contribution in [-0.4, -0.2) is 51.9 Å². The number of aromatic nitrogens is 3. The average molecular weight is 481 g/mol. The van der Waals surface area contributed by atoms with E-state index in [0.717, 1.165) is 75.0 Å². The Morgan fingerprint density at radius 1 is 0.971 bits per heavy atom. The molecule has 1 saturated carbocycles. The van der Waals surface area contributed by atoms with Crippen molar-refractivity contribution in [2.24, 2.45) is 5.92 Å². The summed E-state index contributed by atoms with van der Waals surface area (Å²) in [6, 6.07) is 0.424. The molecule has 7 nitrogen and oxygen atoms in total. The van der Waals surface area contributed by atoms with E-state index in [9.17, 15) is 4.79 Å². The van der Waals surface area contributed by atoms with Crippen LogP contribution in [0.25, 0.3) is 0 Å². The van der Waals surface area contributed by atoms with Crippen molar-refractivity contribution in [3.05, 3.63) is 22.3 Å². The van der Waals surface area contributed by atoms with E-state index in [4.69, 9.17) is 15.0 Å². The SMILES string of the molecule is O=CN1CCCC(C2CCCN2c2nc3c(c(Nc4ncc(C5CCCCC5)s4)n2)CCC3)C1. The van der Waals surface area contributed by atoms with Gasteiger partial charge in [0.05, 0.1) is 5.69 Å². The molecule has 4 heterocycles. The van der Waals surface area contributed by atoms with E-state index in [2.05, 4.69) is 16.4 Å². The number of likely N-dealkylation sites (tertiary alicyclic amines) is 1. The number of piperidine rings is 1. The first-order chi connectivity index (χ1) is 16.8. The number of nitrogens with zero attached hydrogens (tertiary/aromatic N) is 5. The van der Waals surface area contributed by atoms with Crippen LogP contribution in [0.3, 0.4) is 0 Å². The zero-order chi connectivity index (χ0) is 22.9. The highest BCUT2D eigenvalue weighted by Gasteiger charge is 2.36. The van der Waals surface area contributed by atoms with Crippen molar-refractivity contribution < 1.29 is 4.79 Å². The molecule has 2 aromatic heterocycles. The minimum atomic E-state index is 0.424. The number of hydrogen-bond acceptors (Lipinski definition) is 7. The normalized spacial score (nSPS) is 25.5. The first-order valence-electron chi connectivity index (χ1n) is 13.4. The molecule has 0 spiro atoms. The Balaban J connectivity index is 1.24. The third-order valence-corrected chi connectivity index (χ3v) is 9.49. The van der Waals surface area contributed by atoms with E-state index in [-0.39, 0.29) is 0 Å². The quantitative estimate of drug-likeness (QED) is 0.583. The van der Waals surface area contributed by atoms with Gasteiger partial charge in [-0.15, -0.1) is 11.3 Å². The second-order valence-corrected chi connectivity index (χ2v) is 11.6. The van der Waals surface area contributed by atoms with Crippen LogP contribution in [0, 0.1) is 5.92 Å². The highest BCUT2D eigenvalue weighted by molar-refractivity contribution is 7.15. The van der Waals surface area contributed by atoms with Crippen LogP contribution >= 0.6 is 11.3 Å². The average Bonchev–Trinajstić information content (AvgIpc) is 3.65. The number of rotatable bonds is 6. The van der Waals surface area contributed by atoms with Gasteiger partial charge in [0.2, 0.25) is 12.4 Å². The Hall–Kier alpha value is -2.22. The molecule has 6 rings (SSSR count). The first kappa shape index (κ1) is 22.3. The third kappa shape index (κ3) is 4.41. The Bertz CT molecular complexity index is 1020. The number of aryl methyl sites for hydroxylation is 1. The maximum Gasteiger partial charge on any atom is 0.227 e. The lowest BCUT2D eigenvalue weighted by molar-refractivity contribution is -0.119. The predicted octanol–water partition coefficient (Wildman–Crippen LogP) is 5.05. The van der Waals surface area contributed by atoms with Gasteiger partial charge in [-0.3, -0.25) is 4.79 Å². The van der Waals surface area contributed by atoms with Crippen LogP contribution < -0.4 is 10.2 Å². The van der Waals surface area contributed by atoms with E-state index in [0.29, 0.717) is 17.9 Å². The minimum absolute atomic E-state index is 0.424. The van der Waals surface area contributed by atoms with Gasteiger partial charge in [-0.1, -0.05) is 19.3 Å². The van der Waals surface area contributed by atoms with Crippen molar-refractivity contribution in [3.63, 3.8) is 0 Å². The largest absolute Gasteiger partial charge is 0.345 e. The second-order valence-electron chi connectivity index (χ2n) is 10.6. The molecule has 1 N–H and O–H groups in total. The maximum atomic E-state index is 11.4. The van der Waals surface area contributed by atoms with Crippen LogP contribution in [0.1, 0.15) is 86.3 Å². The van der Waals surface area contributed by atoms with E-state index < -0.39 is 0 Å². The van der Waals surface area contributed by atoms with E-state index in [1.807, 2.05) is 16.2 Å². The smallest absolute Gasteiger partial charge is 0.227 e. The number of fused-ring (bicyclic) bond motifs is 1. The Morgan fingerprint density at radius 2 is 1.85 bits per heavy atom. The second kappa shape index (κ2) is 9.80. The summed E-state index contributed by atoms with van der Waals surface area (Å²) in [5.41, 5.74) is 2.49. The molecule has 182 valence electrons. The molecule has 2 aromatic rings. The van der Waals surface area contributed by atoms with Gasteiger partial charge in [-0.05, 0) is 69.6 Å². The molecular weight excluding hydrogens is 444 g/mol. The predicted molar refractivity (Wildman–Crippen MR) is 136 cm³/mol. The molecule has 3 fully saturated rings. The lowest BCUT2D eigenvalue weighted by Gasteiger charge is -2.37. The molecular formula is C26H36N6OS.